The number of alkyl halides is 2. The smallest absolute Gasteiger partial charge is 0.387 e. The van der Waals surface area contributed by atoms with Crippen molar-refractivity contribution in [1.29, 1.82) is 0 Å². The number of halogens is 2. The number of benzene rings is 1. The molecule has 27 heavy (non-hydrogen) atoms. The van der Waals surface area contributed by atoms with E-state index < -0.39 is 6.61 Å². The molecule has 0 amide bonds. The van der Waals surface area contributed by atoms with Gasteiger partial charge < -0.3 is 14.1 Å². The second-order valence-electron chi connectivity index (χ2n) is 6.14. The zero-order chi connectivity index (χ0) is 19.4. The summed E-state index contributed by atoms with van der Waals surface area (Å²) in [5.41, 5.74) is 1.00. The molecule has 0 fully saturated rings. The topological polar surface area (TPSA) is 49.6 Å². The number of furan rings is 1. The van der Waals surface area contributed by atoms with Gasteiger partial charge in [-0.2, -0.15) is 13.5 Å². The molecule has 3 rings (SSSR count). The van der Waals surface area contributed by atoms with Gasteiger partial charge in [0, 0.05) is 12.1 Å². The van der Waals surface area contributed by atoms with Crippen molar-refractivity contribution in [1.82, 2.24) is 14.3 Å². The average molecular weight is 395 g/mol. The van der Waals surface area contributed by atoms with Gasteiger partial charge in [0.25, 0.3) is 0 Å². The first kappa shape index (κ1) is 19.2. The molecule has 1 N–H and O–H groups in total. The molecule has 144 valence electrons. The summed E-state index contributed by atoms with van der Waals surface area (Å²) in [6.07, 6.45) is 1.61. The molecule has 6 nitrogen and oxygen atoms in total. The molecule has 1 unspecified atom stereocenters. The Labute approximate surface area is 160 Å². The molecule has 1 aromatic carbocycles. The van der Waals surface area contributed by atoms with Gasteiger partial charge in [0.1, 0.15) is 12.3 Å². The van der Waals surface area contributed by atoms with Crippen LogP contribution in [0, 0.1) is 4.77 Å². The average Bonchev–Trinajstić information content (AvgIpc) is 3.25. The molecule has 0 aliphatic rings. The molecule has 0 spiro atoms. The lowest BCUT2D eigenvalue weighted by Gasteiger charge is -2.14. The van der Waals surface area contributed by atoms with Crippen LogP contribution >= 0.6 is 12.2 Å². The van der Waals surface area contributed by atoms with Crippen LogP contribution in [0.25, 0.3) is 11.6 Å². The Morgan fingerprint density at radius 1 is 1.26 bits per heavy atom. The first-order chi connectivity index (χ1) is 13.0. The van der Waals surface area contributed by atoms with Crippen molar-refractivity contribution in [2.45, 2.75) is 33.3 Å². The second-order valence-corrected chi connectivity index (χ2v) is 6.51. The van der Waals surface area contributed by atoms with Crippen LogP contribution in [-0.2, 0) is 19.8 Å². The molecular formula is C18H21F2N4O2S+. The highest BCUT2D eigenvalue weighted by Gasteiger charge is 2.16. The van der Waals surface area contributed by atoms with Crippen molar-refractivity contribution < 1.29 is 22.8 Å². The lowest BCUT2D eigenvalue weighted by Crippen LogP contribution is -3.07. The summed E-state index contributed by atoms with van der Waals surface area (Å²) in [4.78, 5) is 1.14. The van der Waals surface area contributed by atoms with E-state index in [-0.39, 0.29) is 5.75 Å². The first-order valence-corrected chi connectivity index (χ1v) is 8.95. The molecule has 0 saturated carbocycles. The third kappa shape index (κ3) is 4.61. The van der Waals surface area contributed by atoms with Crippen molar-refractivity contribution in [3.8, 4) is 17.3 Å². The predicted molar refractivity (Wildman–Crippen MR) is 98.1 cm³/mol. The van der Waals surface area contributed by atoms with Crippen molar-refractivity contribution in [2.24, 2.45) is 0 Å². The Bertz CT molecular complexity index is 920. The fourth-order valence-corrected chi connectivity index (χ4v) is 3.19. The van der Waals surface area contributed by atoms with Crippen LogP contribution in [0.3, 0.4) is 0 Å². The minimum Gasteiger partial charge on any atom is -0.461 e. The minimum atomic E-state index is -2.82. The van der Waals surface area contributed by atoms with Gasteiger partial charge in [-0.05, 0) is 55.5 Å². The standard InChI is InChI=1S/C18H20F2N4O2S/c1-3-23-16(15-5-4-10-25-15)21-24(18(23)27)12-22(2)11-13-6-8-14(9-7-13)26-17(19)20/h4-10,17H,3,11-12H2,1-2H3/p+1. The number of quaternary nitrogens is 1. The van der Waals surface area contributed by atoms with Crippen molar-refractivity contribution >= 4 is 12.2 Å². The van der Waals surface area contributed by atoms with Gasteiger partial charge in [0.2, 0.25) is 4.77 Å². The van der Waals surface area contributed by atoms with Crippen LogP contribution in [0.15, 0.2) is 47.1 Å². The van der Waals surface area contributed by atoms with Crippen LogP contribution in [0.4, 0.5) is 8.78 Å². The number of nitrogens with one attached hydrogen (secondary N) is 1. The Morgan fingerprint density at radius 2 is 2.00 bits per heavy atom. The van der Waals surface area contributed by atoms with Crippen molar-refractivity contribution in [2.75, 3.05) is 7.05 Å². The number of rotatable bonds is 8. The van der Waals surface area contributed by atoms with Gasteiger partial charge in [-0.3, -0.25) is 4.57 Å². The summed E-state index contributed by atoms with van der Waals surface area (Å²) >= 11 is 5.55. The summed E-state index contributed by atoms with van der Waals surface area (Å²) in [6.45, 7) is 1.14. The summed E-state index contributed by atoms with van der Waals surface area (Å²) in [6, 6.07) is 10.3. The molecule has 0 radical (unpaired) electrons. The van der Waals surface area contributed by atoms with Gasteiger partial charge >= 0.3 is 6.61 Å². The fourth-order valence-electron chi connectivity index (χ4n) is 2.87. The Kier molecular flexibility index (Phi) is 6.02. The monoisotopic (exact) mass is 395 g/mol. The van der Waals surface area contributed by atoms with Crippen LogP contribution in [0.5, 0.6) is 5.75 Å². The van der Waals surface area contributed by atoms with E-state index in [0.717, 1.165) is 10.5 Å². The fraction of sp³-hybridized carbons (Fsp3) is 0.333. The Hall–Kier alpha value is -2.52. The summed E-state index contributed by atoms with van der Waals surface area (Å²) in [7, 11) is 2.02. The molecule has 3 aromatic rings. The van der Waals surface area contributed by atoms with E-state index >= 15 is 0 Å². The first-order valence-electron chi connectivity index (χ1n) is 8.54. The molecule has 1 atom stereocenters. The highest BCUT2D eigenvalue weighted by atomic mass is 32.1. The van der Waals surface area contributed by atoms with Crippen LogP contribution in [0.2, 0.25) is 0 Å². The van der Waals surface area contributed by atoms with Gasteiger partial charge in [-0.25, -0.2) is 0 Å². The molecule has 0 bridgehead atoms. The van der Waals surface area contributed by atoms with Gasteiger partial charge in [0.15, 0.2) is 18.3 Å². The van der Waals surface area contributed by atoms with Crippen LogP contribution in [-0.4, -0.2) is 28.0 Å². The molecule has 9 heteroatoms. The Morgan fingerprint density at radius 3 is 2.59 bits per heavy atom. The maximum absolute atomic E-state index is 12.2. The van der Waals surface area contributed by atoms with Crippen LogP contribution < -0.4 is 9.64 Å². The number of ether oxygens (including phenoxy) is 1. The van der Waals surface area contributed by atoms with Gasteiger partial charge in [-0.15, -0.1) is 5.10 Å². The van der Waals surface area contributed by atoms with E-state index in [9.17, 15) is 8.78 Å². The molecule has 0 aliphatic heterocycles. The normalized spacial score (nSPS) is 12.5. The maximum Gasteiger partial charge on any atom is 0.387 e. The molecule has 0 aliphatic carbocycles. The van der Waals surface area contributed by atoms with E-state index in [1.807, 2.05) is 30.7 Å². The highest BCUT2D eigenvalue weighted by Crippen LogP contribution is 2.18. The van der Waals surface area contributed by atoms with E-state index in [0.29, 0.717) is 36.1 Å². The Balaban J connectivity index is 1.71. The van der Waals surface area contributed by atoms with Crippen molar-refractivity contribution in [3.05, 3.63) is 53.0 Å². The minimum absolute atomic E-state index is 0.151. The van der Waals surface area contributed by atoms with E-state index in [1.165, 1.54) is 0 Å². The largest absolute Gasteiger partial charge is 0.461 e. The number of aromatic nitrogens is 3. The zero-order valence-corrected chi connectivity index (χ0v) is 15.9. The number of hydrogen-bond donors (Lipinski definition) is 1. The lowest BCUT2D eigenvalue weighted by atomic mass is 10.2. The van der Waals surface area contributed by atoms with Crippen molar-refractivity contribution in [3.63, 3.8) is 0 Å². The van der Waals surface area contributed by atoms with Gasteiger partial charge in [-0.1, -0.05) is 0 Å². The lowest BCUT2D eigenvalue weighted by molar-refractivity contribution is -0.917. The van der Waals surface area contributed by atoms with E-state index in [1.54, 1.807) is 35.2 Å². The number of hydrogen-bond acceptors (Lipinski definition) is 4. The highest BCUT2D eigenvalue weighted by molar-refractivity contribution is 7.71. The predicted octanol–water partition coefficient (Wildman–Crippen LogP) is 2.97. The second kappa shape index (κ2) is 8.45. The molecule has 2 heterocycles. The summed E-state index contributed by atoms with van der Waals surface area (Å²) < 4.78 is 38.6. The third-order valence-electron chi connectivity index (χ3n) is 4.05. The maximum atomic E-state index is 12.2. The molecular weight excluding hydrogens is 374 g/mol. The number of nitrogens with zero attached hydrogens (tertiary/aromatic N) is 3. The van der Waals surface area contributed by atoms with E-state index in [4.69, 9.17) is 16.6 Å². The zero-order valence-electron chi connectivity index (χ0n) is 15.1. The SMILES string of the molecule is CCn1c(-c2ccco2)nn(C[NH+](C)Cc2ccc(OC(F)F)cc2)c1=S. The van der Waals surface area contributed by atoms with Crippen LogP contribution in [0.1, 0.15) is 12.5 Å². The van der Waals surface area contributed by atoms with Gasteiger partial charge in [0.05, 0.1) is 13.3 Å². The molecule has 0 saturated heterocycles. The third-order valence-corrected chi connectivity index (χ3v) is 4.49. The summed E-state index contributed by atoms with van der Waals surface area (Å²) in [5, 5.41) is 4.61. The quantitative estimate of drug-likeness (QED) is 0.596. The molecule has 2 aromatic heterocycles. The summed E-state index contributed by atoms with van der Waals surface area (Å²) in [5.74, 6) is 1.53. The van der Waals surface area contributed by atoms with E-state index in [2.05, 4.69) is 9.84 Å².